The molecule has 0 radical (unpaired) electrons. The molecule has 3 aromatic rings. The van der Waals surface area contributed by atoms with Crippen molar-refractivity contribution < 1.29 is 9.18 Å². The standard InChI is InChI=1S/C22H20FN5O/c1-15-19(12-16-5-6-18(23)13-20(16)26-15)22(29)28-9-3-8-27(10-11-28)21-17(14-24)4-2-7-25-21/h2,4-7,12-13H,3,8-11H2,1H3. The third-order valence-corrected chi connectivity index (χ3v) is 5.19. The molecule has 1 aliphatic rings. The van der Waals surface area contributed by atoms with Crippen LogP contribution < -0.4 is 4.90 Å². The molecule has 0 atom stereocenters. The number of hydrogen-bond donors (Lipinski definition) is 0. The highest BCUT2D eigenvalue weighted by molar-refractivity contribution is 5.98. The van der Waals surface area contributed by atoms with Crippen molar-refractivity contribution in [3.8, 4) is 6.07 Å². The zero-order chi connectivity index (χ0) is 20.4. The second-order valence-corrected chi connectivity index (χ2v) is 7.08. The molecule has 0 aliphatic carbocycles. The van der Waals surface area contributed by atoms with E-state index in [1.807, 2.05) is 4.90 Å². The van der Waals surface area contributed by atoms with Crippen LogP contribution in [-0.4, -0.2) is 47.0 Å². The number of hydrogen-bond acceptors (Lipinski definition) is 5. The van der Waals surface area contributed by atoms with Crippen LogP contribution in [0.2, 0.25) is 0 Å². The summed E-state index contributed by atoms with van der Waals surface area (Å²) in [6, 6.07) is 11.9. The van der Waals surface area contributed by atoms with Gasteiger partial charge in [-0.25, -0.2) is 9.37 Å². The molecule has 1 saturated heterocycles. The minimum Gasteiger partial charge on any atom is -0.354 e. The first-order valence-corrected chi connectivity index (χ1v) is 9.53. The van der Waals surface area contributed by atoms with Crippen molar-refractivity contribution in [2.24, 2.45) is 0 Å². The van der Waals surface area contributed by atoms with E-state index in [1.165, 1.54) is 12.1 Å². The maximum Gasteiger partial charge on any atom is 0.255 e. The molecule has 0 spiro atoms. The summed E-state index contributed by atoms with van der Waals surface area (Å²) in [7, 11) is 0. The highest BCUT2D eigenvalue weighted by atomic mass is 19.1. The lowest BCUT2D eigenvalue weighted by molar-refractivity contribution is 0.0766. The fourth-order valence-electron chi connectivity index (χ4n) is 3.69. The number of nitriles is 1. The summed E-state index contributed by atoms with van der Waals surface area (Å²) in [4.78, 5) is 25.8. The monoisotopic (exact) mass is 389 g/mol. The second-order valence-electron chi connectivity index (χ2n) is 7.08. The normalized spacial score (nSPS) is 14.5. The molecule has 0 saturated carbocycles. The predicted molar refractivity (Wildman–Crippen MR) is 108 cm³/mol. The van der Waals surface area contributed by atoms with Crippen molar-refractivity contribution in [2.45, 2.75) is 13.3 Å². The average Bonchev–Trinajstić information content (AvgIpc) is 2.99. The molecule has 6 nitrogen and oxygen atoms in total. The molecule has 29 heavy (non-hydrogen) atoms. The molecule has 4 rings (SSSR count). The lowest BCUT2D eigenvalue weighted by Gasteiger charge is -2.24. The number of amides is 1. The first-order chi connectivity index (χ1) is 14.1. The Bertz CT molecular complexity index is 1120. The number of rotatable bonds is 2. The Hall–Kier alpha value is -3.53. The molecule has 0 unspecified atom stereocenters. The van der Waals surface area contributed by atoms with Gasteiger partial charge in [0.05, 0.1) is 22.3 Å². The number of halogens is 1. The predicted octanol–water partition coefficient (Wildman–Crippen LogP) is 3.30. The molecular formula is C22H20FN5O. The SMILES string of the molecule is Cc1nc2cc(F)ccc2cc1C(=O)N1CCCN(c2ncccc2C#N)CC1. The van der Waals surface area contributed by atoms with Crippen LogP contribution in [0.4, 0.5) is 10.2 Å². The third kappa shape index (κ3) is 3.74. The van der Waals surface area contributed by atoms with Crippen LogP contribution in [0.25, 0.3) is 10.9 Å². The molecule has 2 aromatic heterocycles. The number of aromatic nitrogens is 2. The van der Waals surface area contributed by atoms with Crippen LogP contribution in [0.1, 0.15) is 28.0 Å². The summed E-state index contributed by atoms with van der Waals surface area (Å²) < 4.78 is 13.4. The van der Waals surface area contributed by atoms with E-state index >= 15 is 0 Å². The van der Waals surface area contributed by atoms with Crippen LogP contribution in [0, 0.1) is 24.1 Å². The minimum absolute atomic E-state index is 0.0791. The van der Waals surface area contributed by atoms with Crippen molar-refractivity contribution in [1.82, 2.24) is 14.9 Å². The van der Waals surface area contributed by atoms with Crippen molar-refractivity contribution >= 4 is 22.6 Å². The van der Waals surface area contributed by atoms with Gasteiger partial charge in [-0.15, -0.1) is 0 Å². The van der Waals surface area contributed by atoms with Crippen LogP contribution in [0.15, 0.2) is 42.6 Å². The molecule has 1 aliphatic heterocycles. The fraction of sp³-hybridized carbons (Fsp3) is 0.273. The Kier molecular flexibility index (Phi) is 5.09. The van der Waals surface area contributed by atoms with Gasteiger partial charge in [-0.2, -0.15) is 5.26 Å². The Morgan fingerprint density at radius 1 is 1.17 bits per heavy atom. The summed E-state index contributed by atoms with van der Waals surface area (Å²) in [6.45, 7) is 4.24. The van der Waals surface area contributed by atoms with Crippen molar-refractivity contribution in [3.05, 3.63) is 65.2 Å². The van der Waals surface area contributed by atoms with E-state index in [4.69, 9.17) is 0 Å². The molecule has 0 bridgehead atoms. The van der Waals surface area contributed by atoms with E-state index < -0.39 is 0 Å². The van der Waals surface area contributed by atoms with Gasteiger partial charge in [0.1, 0.15) is 17.7 Å². The van der Waals surface area contributed by atoms with Gasteiger partial charge in [-0.05, 0) is 43.7 Å². The molecule has 3 heterocycles. The zero-order valence-electron chi connectivity index (χ0n) is 16.1. The Labute approximate surface area is 168 Å². The smallest absolute Gasteiger partial charge is 0.255 e. The average molecular weight is 389 g/mol. The largest absolute Gasteiger partial charge is 0.354 e. The van der Waals surface area contributed by atoms with Gasteiger partial charge in [0.25, 0.3) is 5.91 Å². The summed E-state index contributed by atoms with van der Waals surface area (Å²) in [6.07, 6.45) is 2.45. The fourth-order valence-corrected chi connectivity index (χ4v) is 3.69. The number of fused-ring (bicyclic) bond motifs is 1. The third-order valence-electron chi connectivity index (χ3n) is 5.19. The first-order valence-electron chi connectivity index (χ1n) is 9.53. The second kappa shape index (κ2) is 7.84. The summed E-state index contributed by atoms with van der Waals surface area (Å²) in [5.74, 6) is 0.238. The van der Waals surface area contributed by atoms with Gasteiger partial charge in [0, 0.05) is 43.8 Å². The van der Waals surface area contributed by atoms with E-state index in [9.17, 15) is 14.4 Å². The summed E-state index contributed by atoms with van der Waals surface area (Å²) >= 11 is 0. The van der Waals surface area contributed by atoms with Crippen LogP contribution in [0.3, 0.4) is 0 Å². The number of benzene rings is 1. The zero-order valence-corrected chi connectivity index (χ0v) is 16.1. The maximum absolute atomic E-state index is 13.4. The molecule has 0 N–H and O–H groups in total. The van der Waals surface area contributed by atoms with Gasteiger partial charge in [0.15, 0.2) is 0 Å². The summed E-state index contributed by atoms with van der Waals surface area (Å²) in [5, 5.41) is 10.1. The number of carbonyl (C=O) groups is 1. The molecular weight excluding hydrogens is 369 g/mol. The van der Waals surface area contributed by atoms with Crippen LogP contribution >= 0.6 is 0 Å². The molecule has 1 aromatic carbocycles. The van der Waals surface area contributed by atoms with Gasteiger partial charge in [-0.3, -0.25) is 9.78 Å². The number of anilines is 1. The van der Waals surface area contributed by atoms with Crippen molar-refractivity contribution in [2.75, 3.05) is 31.1 Å². The van der Waals surface area contributed by atoms with Crippen molar-refractivity contribution in [3.63, 3.8) is 0 Å². The highest BCUT2D eigenvalue weighted by Gasteiger charge is 2.24. The number of pyridine rings is 2. The number of aryl methyl sites for hydroxylation is 1. The number of carbonyl (C=O) groups excluding carboxylic acids is 1. The Morgan fingerprint density at radius 3 is 2.86 bits per heavy atom. The highest BCUT2D eigenvalue weighted by Crippen LogP contribution is 2.22. The Morgan fingerprint density at radius 2 is 2.03 bits per heavy atom. The topological polar surface area (TPSA) is 73.1 Å². The summed E-state index contributed by atoms with van der Waals surface area (Å²) in [5.41, 5.74) is 2.20. The van der Waals surface area contributed by atoms with Gasteiger partial charge in [-0.1, -0.05) is 0 Å². The van der Waals surface area contributed by atoms with Crippen LogP contribution in [0.5, 0.6) is 0 Å². The van der Waals surface area contributed by atoms with E-state index in [-0.39, 0.29) is 11.7 Å². The van der Waals surface area contributed by atoms with Gasteiger partial charge >= 0.3 is 0 Å². The van der Waals surface area contributed by atoms with Gasteiger partial charge in [0.2, 0.25) is 0 Å². The van der Waals surface area contributed by atoms with E-state index in [0.29, 0.717) is 47.8 Å². The van der Waals surface area contributed by atoms with Gasteiger partial charge < -0.3 is 9.80 Å². The van der Waals surface area contributed by atoms with Crippen molar-refractivity contribution in [1.29, 1.82) is 5.26 Å². The number of nitrogens with zero attached hydrogens (tertiary/aromatic N) is 5. The molecule has 146 valence electrons. The maximum atomic E-state index is 13.4. The lowest BCUT2D eigenvalue weighted by Crippen LogP contribution is -2.36. The molecule has 1 amide bonds. The van der Waals surface area contributed by atoms with Crippen LogP contribution in [-0.2, 0) is 0 Å². The molecule has 1 fully saturated rings. The quantitative estimate of drug-likeness (QED) is 0.672. The van der Waals surface area contributed by atoms with E-state index in [2.05, 4.69) is 20.9 Å². The lowest BCUT2D eigenvalue weighted by atomic mass is 10.1. The first kappa shape index (κ1) is 18.8. The Balaban J connectivity index is 1.56. The van der Waals surface area contributed by atoms with E-state index in [0.717, 1.165) is 18.4 Å². The molecule has 7 heteroatoms. The minimum atomic E-state index is -0.345. The van der Waals surface area contributed by atoms with E-state index in [1.54, 1.807) is 37.4 Å².